The average Bonchev–Trinajstić information content (AvgIpc) is 2.59. The maximum Gasteiger partial charge on any atom is 0.338 e. The summed E-state index contributed by atoms with van der Waals surface area (Å²) < 4.78 is 16.3. The lowest BCUT2D eigenvalue weighted by atomic mass is 10.2. The highest BCUT2D eigenvalue weighted by atomic mass is 16.5. The van der Waals surface area contributed by atoms with Crippen molar-refractivity contribution in [1.82, 2.24) is 0 Å². The van der Waals surface area contributed by atoms with Gasteiger partial charge in [0.1, 0.15) is 23.0 Å². The number of carbonyl (C=O) groups is 2. The van der Waals surface area contributed by atoms with Crippen molar-refractivity contribution in [2.24, 2.45) is 0 Å². The first-order chi connectivity index (χ1) is 12.7. The van der Waals surface area contributed by atoms with Crippen LogP contribution >= 0.6 is 0 Å². The molecule has 0 N–H and O–H groups in total. The Labute approximate surface area is 158 Å². The van der Waals surface area contributed by atoms with Crippen LogP contribution in [0.5, 0.6) is 23.0 Å². The lowest BCUT2D eigenvalue weighted by molar-refractivity contribution is -0.131. The first-order valence-electron chi connectivity index (χ1n) is 8.32. The predicted octanol–water partition coefficient (Wildman–Crippen LogP) is 5.06. The number of esters is 2. The molecule has 140 valence electrons. The summed E-state index contributed by atoms with van der Waals surface area (Å²) in [5, 5.41) is 0. The van der Waals surface area contributed by atoms with Crippen molar-refractivity contribution in [3.05, 3.63) is 71.8 Å². The molecule has 0 aliphatic heterocycles. The number of hydrogen-bond donors (Lipinski definition) is 0. The lowest BCUT2D eigenvalue weighted by Crippen LogP contribution is -2.09. The van der Waals surface area contributed by atoms with Gasteiger partial charge in [-0.3, -0.25) is 0 Å². The van der Waals surface area contributed by atoms with Crippen LogP contribution in [-0.2, 0) is 9.59 Å². The summed E-state index contributed by atoms with van der Waals surface area (Å²) in [6.07, 6.45) is 0. The molecule has 0 saturated heterocycles. The number of ether oxygens (including phenoxy) is 3. The predicted molar refractivity (Wildman–Crippen MR) is 103 cm³/mol. The van der Waals surface area contributed by atoms with E-state index in [2.05, 4.69) is 13.2 Å². The summed E-state index contributed by atoms with van der Waals surface area (Å²) in [6, 6.07) is 10.3. The second-order valence-electron chi connectivity index (χ2n) is 6.30. The second-order valence-corrected chi connectivity index (χ2v) is 6.30. The van der Waals surface area contributed by atoms with Crippen LogP contribution in [0.25, 0.3) is 0 Å². The summed E-state index contributed by atoms with van der Waals surface area (Å²) >= 11 is 0. The van der Waals surface area contributed by atoms with E-state index >= 15 is 0 Å². The Bertz CT molecular complexity index is 849. The quantitative estimate of drug-likeness (QED) is 0.406. The van der Waals surface area contributed by atoms with Gasteiger partial charge in [-0.15, -0.1) is 0 Å². The van der Waals surface area contributed by atoms with E-state index < -0.39 is 11.9 Å². The maximum atomic E-state index is 11.6. The molecule has 0 radical (unpaired) electrons. The number of benzene rings is 2. The molecule has 2 aromatic carbocycles. The third-order valence-corrected chi connectivity index (χ3v) is 3.63. The molecule has 0 aromatic heterocycles. The van der Waals surface area contributed by atoms with Crippen molar-refractivity contribution in [2.45, 2.75) is 27.7 Å². The zero-order valence-electron chi connectivity index (χ0n) is 15.9. The van der Waals surface area contributed by atoms with E-state index in [0.717, 1.165) is 11.1 Å². The Hall–Kier alpha value is -3.34. The summed E-state index contributed by atoms with van der Waals surface area (Å²) in [5.74, 6) is 1.15. The van der Waals surface area contributed by atoms with E-state index in [1.807, 2.05) is 13.8 Å². The van der Waals surface area contributed by atoms with Gasteiger partial charge in [-0.25, -0.2) is 9.59 Å². The molecule has 0 unspecified atom stereocenters. The summed E-state index contributed by atoms with van der Waals surface area (Å²) in [4.78, 5) is 23.3. The molecule has 27 heavy (non-hydrogen) atoms. The SMILES string of the molecule is C=C(C)C(=O)Oc1ccc(Oc2ccc(OC(=O)C(=C)C)c(C)c2)cc1C. The minimum Gasteiger partial charge on any atom is -0.457 e. The Morgan fingerprint density at radius 3 is 1.41 bits per heavy atom. The van der Waals surface area contributed by atoms with Crippen LogP contribution in [-0.4, -0.2) is 11.9 Å². The third kappa shape index (κ3) is 5.31. The highest BCUT2D eigenvalue weighted by Gasteiger charge is 2.11. The van der Waals surface area contributed by atoms with Crippen molar-refractivity contribution in [3.63, 3.8) is 0 Å². The summed E-state index contributed by atoms with van der Waals surface area (Å²) in [7, 11) is 0. The molecule has 0 bridgehead atoms. The zero-order valence-corrected chi connectivity index (χ0v) is 15.9. The van der Waals surface area contributed by atoms with E-state index in [-0.39, 0.29) is 0 Å². The molecule has 2 aromatic rings. The van der Waals surface area contributed by atoms with E-state index in [1.165, 1.54) is 0 Å². The third-order valence-electron chi connectivity index (χ3n) is 3.63. The largest absolute Gasteiger partial charge is 0.457 e. The Morgan fingerprint density at radius 2 is 1.11 bits per heavy atom. The summed E-state index contributed by atoms with van der Waals surface area (Å²) in [6.45, 7) is 13.9. The van der Waals surface area contributed by atoms with Gasteiger partial charge < -0.3 is 14.2 Å². The maximum absolute atomic E-state index is 11.6. The minimum absolute atomic E-state index is 0.331. The van der Waals surface area contributed by atoms with Crippen LogP contribution in [0, 0.1) is 13.8 Å². The van der Waals surface area contributed by atoms with Gasteiger partial charge in [0.25, 0.3) is 0 Å². The van der Waals surface area contributed by atoms with Gasteiger partial charge >= 0.3 is 11.9 Å². The number of carbonyl (C=O) groups excluding carboxylic acids is 2. The molecule has 0 aliphatic rings. The Kier molecular flexibility index (Phi) is 6.19. The first kappa shape index (κ1) is 20.0. The van der Waals surface area contributed by atoms with E-state index in [4.69, 9.17) is 14.2 Å². The van der Waals surface area contributed by atoms with Gasteiger partial charge in [0, 0.05) is 11.1 Å². The summed E-state index contributed by atoms with van der Waals surface area (Å²) in [5.41, 5.74) is 2.17. The number of aryl methyl sites for hydroxylation is 2. The number of hydrogen-bond acceptors (Lipinski definition) is 5. The molecule has 0 amide bonds. The van der Waals surface area contributed by atoms with Crippen molar-refractivity contribution in [3.8, 4) is 23.0 Å². The molecule has 0 aliphatic carbocycles. The van der Waals surface area contributed by atoms with Gasteiger partial charge in [0.05, 0.1) is 0 Å². The molecule has 2 rings (SSSR count). The van der Waals surface area contributed by atoms with Crippen LogP contribution < -0.4 is 14.2 Å². The van der Waals surface area contributed by atoms with Crippen molar-refractivity contribution >= 4 is 11.9 Å². The standard InChI is InChI=1S/C22H22O5/c1-13(2)21(23)26-19-9-7-17(11-15(19)5)25-18-8-10-20(16(6)12-18)27-22(24)14(3)4/h7-12H,1,3H2,2,4-6H3. The molecule has 5 heteroatoms. The number of rotatable bonds is 6. The molecular weight excluding hydrogens is 344 g/mol. The fraction of sp³-hybridized carbons (Fsp3) is 0.182. The smallest absolute Gasteiger partial charge is 0.338 e. The van der Waals surface area contributed by atoms with Crippen molar-refractivity contribution < 1.29 is 23.8 Å². The monoisotopic (exact) mass is 366 g/mol. The van der Waals surface area contributed by atoms with Crippen LogP contribution in [0.15, 0.2) is 60.7 Å². The lowest BCUT2D eigenvalue weighted by Gasteiger charge is -2.12. The van der Waals surface area contributed by atoms with Gasteiger partial charge in [-0.2, -0.15) is 0 Å². The zero-order chi connectivity index (χ0) is 20.1. The molecular formula is C22H22O5. The molecule has 0 spiro atoms. The van der Waals surface area contributed by atoms with Crippen molar-refractivity contribution in [2.75, 3.05) is 0 Å². The highest BCUT2D eigenvalue weighted by Crippen LogP contribution is 2.30. The Morgan fingerprint density at radius 1 is 0.741 bits per heavy atom. The van der Waals surface area contributed by atoms with Crippen LogP contribution in [0.1, 0.15) is 25.0 Å². The fourth-order valence-electron chi connectivity index (χ4n) is 2.11. The average molecular weight is 366 g/mol. The molecule has 5 nitrogen and oxygen atoms in total. The Balaban J connectivity index is 2.13. The van der Waals surface area contributed by atoms with Crippen molar-refractivity contribution in [1.29, 1.82) is 0 Å². The van der Waals surface area contributed by atoms with Gasteiger partial charge in [0.15, 0.2) is 0 Å². The van der Waals surface area contributed by atoms with E-state index in [9.17, 15) is 9.59 Å². The molecule has 0 heterocycles. The molecule has 0 saturated carbocycles. The van der Waals surface area contributed by atoms with Crippen LogP contribution in [0.3, 0.4) is 0 Å². The first-order valence-corrected chi connectivity index (χ1v) is 8.32. The topological polar surface area (TPSA) is 61.8 Å². The van der Waals surface area contributed by atoms with Gasteiger partial charge in [-0.1, -0.05) is 13.2 Å². The molecule has 0 fully saturated rings. The minimum atomic E-state index is -0.470. The van der Waals surface area contributed by atoms with Crippen LogP contribution in [0.4, 0.5) is 0 Å². The van der Waals surface area contributed by atoms with Gasteiger partial charge in [0.2, 0.25) is 0 Å². The second kappa shape index (κ2) is 8.36. The molecule has 0 atom stereocenters. The van der Waals surface area contributed by atoms with Gasteiger partial charge in [-0.05, 0) is 75.2 Å². The normalized spacial score (nSPS) is 10.1. The fourth-order valence-corrected chi connectivity index (χ4v) is 2.11. The van der Waals surface area contributed by atoms with E-state index in [1.54, 1.807) is 50.2 Å². The van der Waals surface area contributed by atoms with Crippen LogP contribution in [0.2, 0.25) is 0 Å². The highest BCUT2D eigenvalue weighted by molar-refractivity contribution is 5.89. The van der Waals surface area contributed by atoms with E-state index in [0.29, 0.717) is 34.1 Å².